The first-order chi connectivity index (χ1) is 9.16. The molecule has 0 saturated carbocycles. The second-order valence-corrected chi connectivity index (χ2v) is 4.60. The topological polar surface area (TPSA) is 72.1 Å². The van der Waals surface area contributed by atoms with Gasteiger partial charge in [-0.15, -0.1) is 0 Å². The van der Waals surface area contributed by atoms with E-state index in [1.807, 2.05) is 25.1 Å². The molecule has 0 bridgehead atoms. The molecule has 0 saturated heterocycles. The molecule has 0 aliphatic carbocycles. The second-order valence-electron chi connectivity index (χ2n) is 4.60. The van der Waals surface area contributed by atoms with Crippen LogP contribution in [-0.2, 0) is 6.42 Å². The van der Waals surface area contributed by atoms with Gasteiger partial charge in [-0.2, -0.15) is 0 Å². The first kappa shape index (κ1) is 11.6. The van der Waals surface area contributed by atoms with Gasteiger partial charge in [0.05, 0.1) is 23.3 Å². The minimum Gasteiger partial charge on any atom is -0.397 e. The number of carbonyl (C=O) groups excluding carboxylic acids is 1. The highest BCUT2D eigenvalue weighted by atomic mass is 16.2. The smallest absolute Gasteiger partial charge is 0.278 e. The molecule has 3 rings (SSSR count). The van der Waals surface area contributed by atoms with E-state index < -0.39 is 0 Å². The molecule has 0 unspecified atom stereocenters. The number of carbonyl (C=O) groups is 1. The van der Waals surface area contributed by atoms with Crippen molar-refractivity contribution in [3.63, 3.8) is 0 Å². The second kappa shape index (κ2) is 4.35. The minimum absolute atomic E-state index is 0.149. The van der Waals surface area contributed by atoms with Gasteiger partial charge in [0.25, 0.3) is 5.91 Å². The van der Waals surface area contributed by atoms with Crippen molar-refractivity contribution in [2.45, 2.75) is 13.3 Å². The molecule has 1 aliphatic rings. The number of para-hydroxylation sites is 1. The van der Waals surface area contributed by atoms with Crippen LogP contribution in [0.15, 0.2) is 30.6 Å². The Labute approximate surface area is 111 Å². The van der Waals surface area contributed by atoms with Crippen LogP contribution in [0, 0.1) is 6.92 Å². The highest BCUT2D eigenvalue weighted by Gasteiger charge is 2.28. The Hall–Kier alpha value is -2.43. The van der Waals surface area contributed by atoms with Gasteiger partial charge in [0.2, 0.25) is 0 Å². The molecule has 5 heteroatoms. The molecule has 96 valence electrons. The van der Waals surface area contributed by atoms with Crippen LogP contribution in [0.1, 0.15) is 21.7 Å². The van der Waals surface area contributed by atoms with Gasteiger partial charge >= 0.3 is 0 Å². The summed E-state index contributed by atoms with van der Waals surface area (Å²) in [6.45, 7) is 2.47. The number of hydrogen-bond donors (Lipinski definition) is 1. The number of aryl methyl sites for hydroxylation is 1. The Morgan fingerprint density at radius 1 is 1.32 bits per heavy atom. The average Bonchev–Trinajstić information content (AvgIpc) is 2.84. The number of amides is 1. The van der Waals surface area contributed by atoms with Crippen LogP contribution in [0.2, 0.25) is 0 Å². The van der Waals surface area contributed by atoms with E-state index in [1.54, 1.807) is 11.1 Å². The van der Waals surface area contributed by atoms with Gasteiger partial charge in [0, 0.05) is 12.7 Å². The van der Waals surface area contributed by atoms with Gasteiger partial charge in [-0.1, -0.05) is 12.1 Å². The molecular weight excluding hydrogens is 240 g/mol. The van der Waals surface area contributed by atoms with Crippen LogP contribution in [0.25, 0.3) is 0 Å². The summed E-state index contributed by atoms with van der Waals surface area (Å²) in [5.74, 6) is -0.149. The standard InChI is InChI=1S/C14H14N4O/c1-9-7-17-12(8-16-9)14(19)18-6-5-10-3-2-4-11(15)13(10)18/h2-4,7-8H,5-6,15H2,1H3. The van der Waals surface area contributed by atoms with Crippen LogP contribution < -0.4 is 10.6 Å². The molecule has 0 spiro atoms. The van der Waals surface area contributed by atoms with E-state index in [0.29, 0.717) is 17.9 Å². The molecule has 1 amide bonds. The summed E-state index contributed by atoms with van der Waals surface area (Å²) in [5.41, 5.74) is 9.66. The maximum absolute atomic E-state index is 12.4. The molecule has 1 aromatic heterocycles. The van der Waals surface area contributed by atoms with Gasteiger partial charge in [0.1, 0.15) is 5.69 Å². The summed E-state index contributed by atoms with van der Waals surface area (Å²) in [4.78, 5) is 22.4. The quantitative estimate of drug-likeness (QED) is 0.784. The number of nitrogens with zero attached hydrogens (tertiary/aromatic N) is 3. The number of rotatable bonds is 1. The van der Waals surface area contributed by atoms with Crippen molar-refractivity contribution < 1.29 is 4.79 Å². The summed E-state index contributed by atoms with van der Waals surface area (Å²) in [6, 6.07) is 5.72. The van der Waals surface area contributed by atoms with Gasteiger partial charge in [-0.3, -0.25) is 9.78 Å². The third-order valence-corrected chi connectivity index (χ3v) is 3.27. The van der Waals surface area contributed by atoms with E-state index in [1.165, 1.54) is 6.20 Å². The van der Waals surface area contributed by atoms with E-state index >= 15 is 0 Å². The molecule has 2 N–H and O–H groups in total. The molecule has 2 heterocycles. The number of aromatic nitrogens is 2. The predicted molar refractivity (Wildman–Crippen MR) is 73.0 cm³/mol. The fraction of sp³-hybridized carbons (Fsp3) is 0.214. The molecule has 1 aliphatic heterocycles. The van der Waals surface area contributed by atoms with Gasteiger partial charge in [0.15, 0.2) is 0 Å². The molecular formula is C14H14N4O. The number of nitrogens with two attached hydrogens (primary N) is 1. The Morgan fingerprint density at radius 2 is 2.16 bits per heavy atom. The van der Waals surface area contributed by atoms with Crippen LogP contribution >= 0.6 is 0 Å². The Kier molecular flexibility index (Phi) is 2.67. The summed E-state index contributed by atoms with van der Waals surface area (Å²) in [6.07, 6.45) is 3.93. The molecule has 2 aromatic rings. The van der Waals surface area contributed by atoms with Crippen LogP contribution in [0.5, 0.6) is 0 Å². The Morgan fingerprint density at radius 3 is 2.89 bits per heavy atom. The lowest BCUT2D eigenvalue weighted by molar-refractivity contribution is 0.0984. The zero-order valence-corrected chi connectivity index (χ0v) is 10.6. The largest absolute Gasteiger partial charge is 0.397 e. The van der Waals surface area contributed by atoms with Gasteiger partial charge in [-0.05, 0) is 25.0 Å². The van der Waals surface area contributed by atoms with E-state index in [9.17, 15) is 4.79 Å². The number of anilines is 2. The SMILES string of the molecule is Cc1cnc(C(=O)N2CCc3cccc(N)c32)cn1. The van der Waals surface area contributed by atoms with Crippen molar-refractivity contribution in [1.29, 1.82) is 0 Å². The Balaban J connectivity index is 1.98. The number of nitrogen functional groups attached to an aromatic ring is 1. The third kappa shape index (κ3) is 1.93. The normalized spacial score (nSPS) is 13.4. The van der Waals surface area contributed by atoms with E-state index in [-0.39, 0.29) is 5.91 Å². The van der Waals surface area contributed by atoms with E-state index in [0.717, 1.165) is 23.4 Å². The van der Waals surface area contributed by atoms with Gasteiger partial charge < -0.3 is 10.6 Å². The fourth-order valence-corrected chi connectivity index (χ4v) is 2.33. The van der Waals surface area contributed by atoms with Crippen molar-refractivity contribution in [2.24, 2.45) is 0 Å². The summed E-state index contributed by atoms with van der Waals surface area (Å²) < 4.78 is 0. The van der Waals surface area contributed by atoms with Crippen molar-refractivity contribution in [3.05, 3.63) is 47.5 Å². The third-order valence-electron chi connectivity index (χ3n) is 3.27. The molecule has 5 nitrogen and oxygen atoms in total. The molecule has 0 fully saturated rings. The van der Waals surface area contributed by atoms with E-state index in [4.69, 9.17) is 5.73 Å². The number of hydrogen-bond acceptors (Lipinski definition) is 4. The van der Waals surface area contributed by atoms with Crippen LogP contribution in [0.4, 0.5) is 11.4 Å². The number of fused-ring (bicyclic) bond motifs is 1. The molecule has 0 atom stereocenters. The molecule has 0 radical (unpaired) electrons. The van der Waals surface area contributed by atoms with Crippen molar-refractivity contribution in [2.75, 3.05) is 17.2 Å². The van der Waals surface area contributed by atoms with Crippen molar-refractivity contribution in [3.8, 4) is 0 Å². The zero-order valence-electron chi connectivity index (χ0n) is 10.6. The van der Waals surface area contributed by atoms with Crippen LogP contribution in [0.3, 0.4) is 0 Å². The Bertz CT molecular complexity index is 636. The molecule has 1 aromatic carbocycles. The van der Waals surface area contributed by atoms with Crippen molar-refractivity contribution >= 4 is 17.3 Å². The number of benzene rings is 1. The maximum atomic E-state index is 12.4. The van der Waals surface area contributed by atoms with Gasteiger partial charge in [-0.25, -0.2) is 4.98 Å². The fourth-order valence-electron chi connectivity index (χ4n) is 2.33. The lowest BCUT2D eigenvalue weighted by Crippen LogP contribution is -2.30. The lowest BCUT2D eigenvalue weighted by Gasteiger charge is -2.18. The van der Waals surface area contributed by atoms with Crippen molar-refractivity contribution in [1.82, 2.24) is 9.97 Å². The summed E-state index contributed by atoms with van der Waals surface area (Å²) in [5, 5.41) is 0. The maximum Gasteiger partial charge on any atom is 0.278 e. The lowest BCUT2D eigenvalue weighted by atomic mass is 10.1. The highest BCUT2D eigenvalue weighted by Crippen LogP contribution is 2.34. The average molecular weight is 254 g/mol. The summed E-state index contributed by atoms with van der Waals surface area (Å²) in [7, 11) is 0. The zero-order chi connectivity index (χ0) is 13.4. The summed E-state index contributed by atoms with van der Waals surface area (Å²) >= 11 is 0. The first-order valence-corrected chi connectivity index (χ1v) is 6.14. The highest BCUT2D eigenvalue weighted by molar-refractivity contribution is 6.07. The first-order valence-electron chi connectivity index (χ1n) is 6.14. The molecule has 19 heavy (non-hydrogen) atoms. The van der Waals surface area contributed by atoms with E-state index in [2.05, 4.69) is 9.97 Å². The predicted octanol–water partition coefficient (Wildman–Crippen LogP) is 1.57. The monoisotopic (exact) mass is 254 g/mol. The minimum atomic E-state index is -0.149. The van der Waals surface area contributed by atoms with Crippen LogP contribution in [-0.4, -0.2) is 22.4 Å².